The monoisotopic (exact) mass is 291 g/mol. The van der Waals surface area contributed by atoms with E-state index in [4.69, 9.17) is 4.74 Å². The molecule has 4 heteroatoms. The van der Waals surface area contributed by atoms with Crippen molar-refractivity contribution in [2.45, 2.75) is 26.3 Å². The van der Waals surface area contributed by atoms with Gasteiger partial charge in [0.05, 0.1) is 6.61 Å². The highest BCUT2D eigenvalue weighted by Crippen LogP contribution is 2.25. The number of hydrogen-bond donors (Lipinski definition) is 1. The molecule has 2 rings (SSSR count). The summed E-state index contributed by atoms with van der Waals surface area (Å²) in [7, 11) is 0. The molecule has 1 unspecified atom stereocenters. The predicted molar refractivity (Wildman–Crippen MR) is 80.6 cm³/mol. The van der Waals surface area contributed by atoms with Crippen LogP contribution in [0.3, 0.4) is 0 Å². The molecule has 0 spiro atoms. The second-order valence-electron chi connectivity index (χ2n) is 4.88. The largest absolute Gasteiger partial charge is 0.494 e. The molecule has 0 heterocycles. The third kappa shape index (κ3) is 3.94. The molecule has 112 valence electrons. The SMILES string of the molecule is CCCOc1ccc(C(C)Nc2c(F)cccc2F)cc1. The lowest BCUT2D eigenvalue weighted by molar-refractivity contribution is 0.317. The van der Waals surface area contributed by atoms with Crippen molar-refractivity contribution in [2.75, 3.05) is 11.9 Å². The topological polar surface area (TPSA) is 21.3 Å². The van der Waals surface area contributed by atoms with Crippen LogP contribution in [-0.2, 0) is 0 Å². The van der Waals surface area contributed by atoms with E-state index in [1.54, 1.807) is 0 Å². The van der Waals surface area contributed by atoms with Crippen molar-refractivity contribution in [3.05, 3.63) is 59.7 Å². The van der Waals surface area contributed by atoms with Crippen LogP contribution in [0.15, 0.2) is 42.5 Å². The Morgan fingerprint density at radius 3 is 2.24 bits per heavy atom. The van der Waals surface area contributed by atoms with E-state index >= 15 is 0 Å². The van der Waals surface area contributed by atoms with Crippen LogP contribution in [0.1, 0.15) is 31.9 Å². The minimum absolute atomic E-state index is 0.101. The van der Waals surface area contributed by atoms with Gasteiger partial charge in [-0.2, -0.15) is 0 Å². The Kier molecular flexibility index (Phi) is 5.14. The van der Waals surface area contributed by atoms with Gasteiger partial charge in [0.1, 0.15) is 23.1 Å². The van der Waals surface area contributed by atoms with Crippen molar-refractivity contribution in [3.63, 3.8) is 0 Å². The first kappa shape index (κ1) is 15.3. The molecule has 0 aliphatic carbocycles. The standard InChI is InChI=1S/C17H19F2NO/c1-3-11-21-14-9-7-13(8-10-14)12(2)20-17-15(18)5-4-6-16(17)19/h4-10,12,20H,3,11H2,1-2H3. The first-order valence-corrected chi connectivity index (χ1v) is 7.05. The third-order valence-corrected chi connectivity index (χ3v) is 3.18. The fraction of sp³-hybridized carbons (Fsp3) is 0.294. The molecule has 2 nitrogen and oxygen atoms in total. The van der Waals surface area contributed by atoms with Gasteiger partial charge in [-0.05, 0) is 43.2 Å². The number of para-hydroxylation sites is 1. The summed E-state index contributed by atoms with van der Waals surface area (Å²) in [5.41, 5.74) is 0.831. The zero-order valence-electron chi connectivity index (χ0n) is 12.2. The van der Waals surface area contributed by atoms with Gasteiger partial charge in [0.2, 0.25) is 0 Å². The van der Waals surface area contributed by atoms with E-state index in [2.05, 4.69) is 5.32 Å². The summed E-state index contributed by atoms with van der Waals surface area (Å²) in [4.78, 5) is 0. The Balaban J connectivity index is 2.08. The minimum atomic E-state index is -0.593. The molecule has 0 saturated carbocycles. The number of halogens is 2. The van der Waals surface area contributed by atoms with Crippen LogP contribution in [0, 0.1) is 11.6 Å². The predicted octanol–water partition coefficient (Wildman–Crippen LogP) is 4.93. The summed E-state index contributed by atoms with van der Waals surface area (Å²) in [6, 6.07) is 11.1. The second-order valence-corrected chi connectivity index (χ2v) is 4.88. The molecule has 0 amide bonds. The zero-order valence-corrected chi connectivity index (χ0v) is 12.2. The average Bonchev–Trinajstić information content (AvgIpc) is 2.49. The first-order chi connectivity index (χ1) is 10.1. The number of ether oxygens (including phenoxy) is 1. The normalized spacial score (nSPS) is 12.0. The number of hydrogen-bond acceptors (Lipinski definition) is 2. The molecule has 0 bridgehead atoms. The summed E-state index contributed by atoms with van der Waals surface area (Å²) >= 11 is 0. The number of anilines is 1. The Hall–Kier alpha value is -2.10. The average molecular weight is 291 g/mol. The maximum Gasteiger partial charge on any atom is 0.149 e. The second kappa shape index (κ2) is 7.07. The van der Waals surface area contributed by atoms with Gasteiger partial charge < -0.3 is 10.1 Å². The lowest BCUT2D eigenvalue weighted by atomic mass is 10.1. The maximum atomic E-state index is 13.6. The smallest absolute Gasteiger partial charge is 0.149 e. The highest BCUT2D eigenvalue weighted by molar-refractivity contribution is 5.48. The van der Waals surface area contributed by atoms with Crippen molar-refractivity contribution >= 4 is 5.69 Å². The summed E-state index contributed by atoms with van der Waals surface area (Å²) in [5.74, 6) is -0.389. The molecule has 0 aromatic heterocycles. The van der Waals surface area contributed by atoms with E-state index in [1.165, 1.54) is 18.2 Å². The van der Waals surface area contributed by atoms with Gasteiger partial charge in [-0.1, -0.05) is 25.1 Å². The third-order valence-electron chi connectivity index (χ3n) is 3.18. The van der Waals surface area contributed by atoms with Gasteiger partial charge in [-0.15, -0.1) is 0 Å². The van der Waals surface area contributed by atoms with Crippen LogP contribution < -0.4 is 10.1 Å². The van der Waals surface area contributed by atoms with Gasteiger partial charge in [0, 0.05) is 6.04 Å². The molecule has 0 fully saturated rings. The fourth-order valence-electron chi connectivity index (χ4n) is 2.01. The van der Waals surface area contributed by atoms with E-state index in [-0.39, 0.29) is 11.7 Å². The Morgan fingerprint density at radius 2 is 1.67 bits per heavy atom. The van der Waals surface area contributed by atoms with Crippen molar-refractivity contribution in [1.82, 2.24) is 0 Å². The summed E-state index contributed by atoms with van der Waals surface area (Å²) in [6.07, 6.45) is 0.951. The maximum absolute atomic E-state index is 13.6. The summed E-state index contributed by atoms with van der Waals surface area (Å²) in [6.45, 7) is 4.57. The molecular weight excluding hydrogens is 272 g/mol. The van der Waals surface area contributed by atoms with E-state index in [1.807, 2.05) is 38.1 Å². The molecule has 0 aliphatic heterocycles. The van der Waals surface area contributed by atoms with Crippen LogP contribution in [-0.4, -0.2) is 6.61 Å². The lowest BCUT2D eigenvalue weighted by Gasteiger charge is -2.17. The van der Waals surface area contributed by atoms with Gasteiger partial charge in [0.25, 0.3) is 0 Å². The van der Waals surface area contributed by atoms with Crippen LogP contribution in [0.4, 0.5) is 14.5 Å². The Labute approximate surface area is 123 Å². The van der Waals surface area contributed by atoms with Gasteiger partial charge >= 0.3 is 0 Å². The van der Waals surface area contributed by atoms with Gasteiger partial charge in [-0.3, -0.25) is 0 Å². The minimum Gasteiger partial charge on any atom is -0.494 e. The molecule has 1 N–H and O–H groups in total. The van der Waals surface area contributed by atoms with Crippen LogP contribution in [0.2, 0.25) is 0 Å². The van der Waals surface area contributed by atoms with Crippen molar-refractivity contribution < 1.29 is 13.5 Å². The quantitative estimate of drug-likeness (QED) is 0.815. The zero-order chi connectivity index (χ0) is 15.2. The van der Waals surface area contributed by atoms with Crippen molar-refractivity contribution in [2.24, 2.45) is 0 Å². The van der Waals surface area contributed by atoms with Crippen molar-refractivity contribution in [1.29, 1.82) is 0 Å². The first-order valence-electron chi connectivity index (χ1n) is 7.05. The Morgan fingerprint density at radius 1 is 1.05 bits per heavy atom. The molecular formula is C17H19F2NO. The molecule has 1 atom stereocenters. The van der Waals surface area contributed by atoms with Crippen LogP contribution >= 0.6 is 0 Å². The molecule has 2 aromatic rings. The van der Waals surface area contributed by atoms with E-state index in [0.29, 0.717) is 6.61 Å². The van der Waals surface area contributed by atoms with Gasteiger partial charge in [0.15, 0.2) is 0 Å². The molecule has 0 radical (unpaired) electrons. The number of benzene rings is 2. The molecule has 0 saturated heterocycles. The van der Waals surface area contributed by atoms with E-state index in [9.17, 15) is 8.78 Å². The highest BCUT2D eigenvalue weighted by Gasteiger charge is 2.12. The van der Waals surface area contributed by atoms with Crippen LogP contribution in [0.25, 0.3) is 0 Å². The Bertz CT molecular complexity index is 564. The summed E-state index contributed by atoms with van der Waals surface area (Å²) < 4.78 is 32.7. The van der Waals surface area contributed by atoms with Gasteiger partial charge in [-0.25, -0.2) is 8.78 Å². The molecule has 2 aromatic carbocycles. The van der Waals surface area contributed by atoms with E-state index < -0.39 is 11.6 Å². The van der Waals surface area contributed by atoms with Crippen molar-refractivity contribution in [3.8, 4) is 5.75 Å². The highest BCUT2D eigenvalue weighted by atomic mass is 19.1. The summed E-state index contributed by atoms with van der Waals surface area (Å²) in [5, 5.41) is 2.87. The lowest BCUT2D eigenvalue weighted by Crippen LogP contribution is -2.09. The van der Waals surface area contributed by atoms with E-state index in [0.717, 1.165) is 17.7 Å². The number of nitrogens with one attached hydrogen (secondary N) is 1. The number of rotatable bonds is 6. The fourth-order valence-corrected chi connectivity index (χ4v) is 2.01. The molecule has 0 aliphatic rings. The molecule has 21 heavy (non-hydrogen) atoms. The van der Waals surface area contributed by atoms with Crippen LogP contribution in [0.5, 0.6) is 5.75 Å².